The second-order valence-electron chi connectivity index (χ2n) is 3.30. The van der Waals surface area contributed by atoms with Gasteiger partial charge in [-0.25, -0.2) is 4.98 Å². The van der Waals surface area contributed by atoms with Gasteiger partial charge in [0.1, 0.15) is 0 Å². The molecule has 3 nitrogen and oxygen atoms in total. The average Bonchev–Trinajstić information content (AvgIpc) is 2.29. The van der Waals surface area contributed by atoms with Crippen molar-refractivity contribution in [2.75, 3.05) is 18.6 Å². The van der Waals surface area contributed by atoms with Crippen LogP contribution in [-0.4, -0.2) is 29.4 Å². The first-order valence-electron chi connectivity index (χ1n) is 5.13. The first-order valence-corrected chi connectivity index (χ1v) is 6.52. The molecule has 0 aliphatic rings. The fraction of sp³-hybridized carbons (Fsp3) is 0.455. The molecule has 16 heavy (non-hydrogen) atoms. The van der Waals surface area contributed by atoms with Crippen molar-refractivity contribution in [2.45, 2.75) is 12.8 Å². The molecular weight excluding hydrogens is 227 g/mol. The molecule has 1 heterocycles. The van der Waals surface area contributed by atoms with E-state index in [1.807, 2.05) is 6.26 Å². The van der Waals surface area contributed by atoms with Crippen molar-refractivity contribution in [3.05, 3.63) is 29.8 Å². The van der Waals surface area contributed by atoms with Crippen LogP contribution in [0.2, 0.25) is 0 Å². The summed E-state index contributed by atoms with van der Waals surface area (Å²) >= 11 is 1.78. The number of hydrogen-bond acceptors (Lipinski definition) is 3. The lowest BCUT2D eigenvalue weighted by molar-refractivity contribution is 0.0948. The Balaban J connectivity index is 2.33. The molecule has 88 valence electrons. The van der Waals surface area contributed by atoms with Gasteiger partial charge in [-0.15, -0.1) is 0 Å². The maximum Gasteiger partial charge on any atom is 0.255 e. The summed E-state index contributed by atoms with van der Waals surface area (Å²) in [7, 11) is 0. The van der Waals surface area contributed by atoms with E-state index in [2.05, 4.69) is 10.3 Å². The molecule has 0 aromatic carbocycles. The maximum atomic E-state index is 13.1. The first-order chi connectivity index (χ1) is 7.75. The van der Waals surface area contributed by atoms with Gasteiger partial charge >= 0.3 is 0 Å². The Morgan fingerprint density at radius 1 is 1.56 bits per heavy atom. The number of pyridine rings is 1. The number of nitrogens with zero attached hydrogens (tertiary/aromatic N) is 1. The van der Waals surface area contributed by atoms with E-state index in [4.69, 9.17) is 0 Å². The number of carbonyl (C=O) groups is 1. The van der Waals surface area contributed by atoms with Gasteiger partial charge in [-0.1, -0.05) is 0 Å². The van der Waals surface area contributed by atoms with Gasteiger partial charge < -0.3 is 5.32 Å². The van der Waals surface area contributed by atoms with E-state index >= 15 is 0 Å². The lowest BCUT2D eigenvalue weighted by Crippen LogP contribution is -2.25. The molecule has 0 saturated heterocycles. The largest absolute Gasteiger partial charge is 0.352 e. The number of rotatable bonds is 6. The Morgan fingerprint density at radius 2 is 2.38 bits per heavy atom. The summed E-state index contributed by atoms with van der Waals surface area (Å²) in [5.41, 5.74) is 0.00682. The summed E-state index contributed by atoms with van der Waals surface area (Å²) in [6.07, 6.45) is 5.33. The minimum absolute atomic E-state index is 0.00682. The zero-order valence-electron chi connectivity index (χ0n) is 9.20. The van der Waals surface area contributed by atoms with Crippen molar-refractivity contribution in [1.29, 1.82) is 0 Å². The molecule has 5 heteroatoms. The zero-order chi connectivity index (χ0) is 11.8. The Morgan fingerprint density at radius 3 is 3.06 bits per heavy atom. The molecule has 0 aliphatic heterocycles. The summed E-state index contributed by atoms with van der Waals surface area (Å²) in [4.78, 5) is 14.9. The van der Waals surface area contributed by atoms with Crippen LogP contribution in [0.3, 0.4) is 0 Å². The van der Waals surface area contributed by atoms with E-state index in [9.17, 15) is 9.18 Å². The summed E-state index contributed by atoms with van der Waals surface area (Å²) in [6.45, 7) is 0.577. The van der Waals surface area contributed by atoms with E-state index in [1.165, 1.54) is 12.3 Å². The third-order valence-corrected chi connectivity index (χ3v) is 2.76. The van der Waals surface area contributed by atoms with Crippen LogP contribution in [0.4, 0.5) is 4.39 Å². The number of amides is 1. The van der Waals surface area contributed by atoms with Gasteiger partial charge in [-0.05, 0) is 37.0 Å². The van der Waals surface area contributed by atoms with E-state index in [-0.39, 0.29) is 5.56 Å². The molecule has 0 fully saturated rings. The molecule has 0 radical (unpaired) electrons. The molecule has 0 atom stereocenters. The SMILES string of the molecule is CSCCCCNC(=O)c1cccnc1F. The van der Waals surface area contributed by atoms with E-state index < -0.39 is 11.9 Å². The highest BCUT2D eigenvalue weighted by atomic mass is 32.2. The second kappa shape index (κ2) is 7.22. The second-order valence-corrected chi connectivity index (χ2v) is 4.28. The third-order valence-electron chi connectivity index (χ3n) is 2.06. The molecule has 1 N–H and O–H groups in total. The zero-order valence-corrected chi connectivity index (χ0v) is 10.0. The normalized spacial score (nSPS) is 10.1. The summed E-state index contributed by atoms with van der Waals surface area (Å²) in [5.74, 6) is -0.0317. The minimum atomic E-state index is -0.718. The summed E-state index contributed by atoms with van der Waals surface area (Å²) < 4.78 is 13.1. The van der Waals surface area contributed by atoms with Crippen molar-refractivity contribution >= 4 is 17.7 Å². The Bertz CT molecular complexity index is 347. The smallest absolute Gasteiger partial charge is 0.255 e. The number of thioether (sulfide) groups is 1. The highest BCUT2D eigenvalue weighted by Crippen LogP contribution is 2.03. The van der Waals surface area contributed by atoms with Crippen LogP contribution < -0.4 is 5.32 Å². The number of unbranched alkanes of at least 4 members (excludes halogenated alkanes) is 1. The number of carbonyl (C=O) groups excluding carboxylic acids is 1. The predicted octanol–water partition coefficient (Wildman–Crippen LogP) is 2.09. The molecule has 0 unspecified atom stereocenters. The molecule has 1 aromatic heterocycles. The van der Waals surface area contributed by atoms with Gasteiger partial charge in [0.15, 0.2) is 0 Å². The van der Waals surface area contributed by atoms with E-state index in [1.54, 1.807) is 17.8 Å². The van der Waals surface area contributed by atoms with Crippen molar-refractivity contribution in [2.24, 2.45) is 0 Å². The lowest BCUT2D eigenvalue weighted by Gasteiger charge is -2.04. The van der Waals surface area contributed by atoms with Crippen molar-refractivity contribution in [3.63, 3.8) is 0 Å². The van der Waals surface area contributed by atoms with Crippen molar-refractivity contribution < 1.29 is 9.18 Å². The number of aromatic nitrogens is 1. The van der Waals surface area contributed by atoms with Gasteiger partial charge in [0.05, 0.1) is 5.56 Å². The molecule has 0 aliphatic carbocycles. The third kappa shape index (κ3) is 4.18. The van der Waals surface area contributed by atoms with E-state index in [0.29, 0.717) is 6.54 Å². The number of halogens is 1. The molecule has 1 amide bonds. The Kier molecular flexibility index (Phi) is 5.85. The summed E-state index contributed by atoms with van der Waals surface area (Å²) in [6, 6.07) is 2.98. The Hall–Kier alpha value is -1.10. The van der Waals surface area contributed by atoms with Crippen LogP contribution in [0.25, 0.3) is 0 Å². The fourth-order valence-electron chi connectivity index (χ4n) is 1.22. The topological polar surface area (TPSA) is 42.0 Å². The van der Waals surface area contributed by atoms with Crippen LogP contribution in [0, 0.1) is 5.95 Å². The molecule has 1 rings (SSSR count). The number of nitrogens with one attached hydrogen (secondary N) is 1. The summed E-state index contributed by atoms with van der Waals surface area (Å²) in [5, 5.41) is 2.67. The van der Waals surface area contributed by atoms with Crippen LogP contribution in [-0.2, 0) is 0 Å². The molecular formula is C11H15FN2OS. The molecule has 0 bridgehead atoms. The molecule has 1 aromatic rings. The van der Waals surface area contributed by atoms with Gasteiger partial charge in [-0.2, -0.15) is 16.2 Å². The van der Waals surface area contributed by atoms with Gasteiger partial charge in [0, 0.05) is 12.7 Å². The standard InChI is InChI=1S/C11H15FN2OS/c1-16-8-3-2-6-14-11(15)9-5-4-7-13-10(9)12/h4-5,7H,2-3,6,8H2,1H3,(H,14,15). The fourth-order valence-corrected chi connectivity index (χ4v) is 1.72. The van der Waals surface area contributed by atoms with Crippen LogP contribution in [0.5, 0.6) is 0 Å². The molecule has 0 spiro atoms. The highest BCUT2D eigenvalue weighted by molar-refractivity contribution is 7.98. The lowest BCUT2D eigenvalue weighted by atomic mass is 10.2. The maximum absolute atomic E-state index is 13.1. The Labute approximate surface area is 98.8 Å². The monoisotopic (exact) mass is 242 g/mol. The minimum Gasteiger partial charge on any atom is -0.352 e. The van der Waals surface area contributed by atoms with Crippen LogP contribution in [0.15, 0.2) is 18.3 Å². The van der Waals surface area contributed by atoms with Gasteiger partial charge in [0.2, 0.25) is 5.95 Å². The van der Waals surface area contributed by atoms with Crippen LogP contribution >= 0.6 is 11.8 Å². The number of hydrogen-bond donors (Lipinski definition) is 1. The van der Waals surface area contributed by atoms with E-state index in [0.717, 1.165) is 18.6 Å². The van der Waals surface area contributed by atoms with Crippen molar-refractivity contribution in [1.82, 2.24) is 10.3 Å². The first kappa shape index (κ1) is 13.0. The van der Waals surface area contributed by atoms with Crippen molar-refractivity contribution in [3.8, 4) is 0 Å². The highest BCUT2D eigenvalue weighted by Gasteiger charge is 2.10. The quantitative estimate of drug-likeness (QED) is 0.613. The predicted molar refractivity (Wildman–Crippen MR) is 64.1 cm³/mol. The van der Waals surface area contributed by atoms with Gasteiger partial charge in [0.25, 0.3) is 5.91 Å². The van der Waals surface area contributed by atoms with Gasteiger partial charge in [-0.3, -0.25) is 4.79 Å². The average molecular weight is 242 g/mol. The molecule has 0 saturated carbocycles. The van der Waals surface area contributed by atoms with Crippen LogP contribution in [0.1, 0.15) is 23.2 Å².